The molecule has 0 atom stereocenters. The zero-order chi connectivity index (χ0) is 24.3. The summed E-state index contributed by atoms with van der Waals surface area (Å²) in [6.45, 7) is 21.7. The van der Waals surface area contributed by atoms with Crippen LogP contribution in [0.5, 0.6) is 0 Å². The normalized spacial score (nSPS) is 11.0. The summed E-state index contributed by atoms with van der Waals surface area (Å²) < 4.78 is 0. The van der Waals surface area contributed by atoms with Crippen LogP contribution in [0.25, 0.3) is 0 Å². The summed E-state index contributed by atoms with van der Waals surface area (Å²) in [6.07, 6.45) is 0. The number of aromatic nitrogens is 2. The first-order chi connectivity index (χ1) is 15.0. The van der Waals surface area contributed by atoms with Gasteiger partial charge in [0.2, 0.25) is 0 Å². The first-order valence-corrected chi connectivity index (χ1v) is 13.5. The lowest BCUT2D eigenvalue weighted by Crippen LogP contribution is -2.09. The van der Waals surface area contributed by atoms with Crippen LogP contribution in [0.4, 0.5) is 5.13 Å². The Morgan fingerprint density at radius 2 is 1.16 bits per heavy atom. The Bertz CT molecular complexity index is 839. The standard InChI is InChI=1S/C9H16N2S.C9H15NS.C9H12/c1-6(2)8-5-12-9(11-8)10-7(3)4;1-6(2)8-5-11-9(10-8)7(3)4;1-8(2)9-6-4-3-5-7-9/h5-7H,1-4H3,(H,10,11);5-7H,1-4H3;3-8H,1-2H3. The molecule has 5 heteroatoms. The molecule has 0 saturated heterocycles. The van der Waals surface area contributed by atoms with Crippen molar-refractivity contribution in [3.05, 3.63) is 63.1 Å². The molecular formula is C27H43N3S2. The quantitative estimate of drug-likeness (QED) is 0.387. The van der Waals surface area contributed by atoms with E-state index in [9.17, 15) is 0 Å². The maximum absolute atomic E-state index is 4.53. The van der Waals surface area contributed by atoms with E-state index in [-0.39, 0.29) is 0 Å². The molecule has 32 heavy (non-hydrogen) atoms. The van der Waals surface area contributed by atoms with Gasteiger partial charge in [-0.3, -0.25) is 0 Å². The highest BCUT2D eigenvalue weighted by molar-refractivity contribution is 7.13. The fourth-order valence-corrected chi connectivity index (χ4v) is 4.55. The average Bonchev–Trinajstić information content (AvgIpc) is 3.39. The molecule has 0 fully saturated rings. The van der Waals surface area contributed by atoms with Gasteiger partial charge in [-0.2, -0.15) is 0 Å². The fraction of sp³-hybridized carbons (Fsp3) is 0.556. The highest BCUT2D eigenvalue weighted by Gasteiger charge is 2.07. The molecule has 0 radical (unpaired) electrons. The van der Waals surface area contributed by atoms with Crippen LogP contribution in [0.2, 0.25) is 0 Å². The number of benzene rings is 1. The van der Waals surface area contributed by atoms with Gasteiger partial charge in [-0.05, 0) is 37.2 Å². The third kappa shape index (κ3) is 10.7. The summed E-state index contributed by atoms with van der Waals surface area (Å²) >= 11 is 3.46. The molecular weight excluding hydrogens is 430 g/mol. The Hall–Kier alpha value is -1.72. The van der Waals surface area contributed by atoms with Gasteiger partial charge in [0.1, 0.15) is 0 Å². The third-order valence-corrected chi connectivity index (χ3v) is 6.57. The van der Waals surface area contributed by atoms with Crippen molar-refractivity contribution < 1.29 is 0 Å². The monoisotopic (exact) mass is 473 g/mol. The number of nitrogens with one attached hydrogen (secondary N) is 1. The second kappa shape index (κ2) is 14.4. The smallest absolute Gasteiger partial charge is 0.183 e. The number of rotatable bonds is 6. The van der Waals surface area contributed by atoms with E-state index in [1.165, 1.54) is 22.0 Å². The summed E-state index contributed by atoms with van der Waals surface area (Å²) in [5.41, 5.74) is 3.83. The molecule has 3 rings (SSSR count). The van der Waals surface area contributed by atoms with Gasteiger partial charge in [-0.15, -0.1) is 22.7 Å². The van der Waals surface area contributed by atoms with E-state index in [0.717, 1.165) is 5.13 Å². The SMILES string of the molecule is CC(C)Nc1nc(C(C)C)cs1.CC(C)c1ccccc1.CC(C)c1csc(C(C)C)n1. The minimum atomic E-state index is 0.469. The van der Waals surface area contributed by atoms with E-state index in [4.69, 9.17) is 0 Å². The molecule has 0 spiro atoms. The predicted molar refractivity (Wildman–Crippen MR) is 146 cm³/mol. The first-order valence-electron chi connectivity index (χ1n) is 11.7. The predicted octanol–water partition coefficient (Wildman–Crippen LogP) is 9.29. The Labute approximate surface area is 204 Å². The average molecular weight is 474 g/mol. The van der Waals surface area contributed by atoms with Gasteiger partial charge in [-0.25, -0.2) is 9.97 Å². The molecule has 1 aromatic carbocycles. The Kier molecular flexibility index (Phi) is 12.8. The molecule has 2 heterocycles. The number of nitrogens with zero attached hydrogens (tertiary/aromatic N) is 2. The fourth-order valence-electron chi connectivity index (χ4n) is 2.53. The summed E-state index contributed by atoms with van der Waals surface area (Å²) in [6, 6.07) is 11.0. The van der Waals surface area contributed by atoms with E-state index in [1.54, 1.807) is 22.7 Å². The van der Waals surface area contributed by atoms with Gasteiger partial charge >= 0.3 is 0 Å². The molecule has 0 aliphatic rings. The molecule has 0 aliphatic heterocycles. The summed E-state index contributed by atoms with van der Waals surface area (Å²) in [7, 11) is 0. The van der Waals surface area contributed by atoms with E-state index in [0.29, 0.717) is 29.7 Å². The lowest BCUT2D eigenvalue weighted by Gasteiger charge is -2.04. The molecule has 178 valence electrons. The van der Waals surface area contributed by atoms with E-state index in [1.807, 2.05) is 6.07 Å². The van der Waals surface area contributed by atoms with Crippen molar-refractivity contribution in [1.29, 1.82) is 0 Å². The summed E-state index contributed by atoms with van der Waals surface area (Å²) in [5, 5.41) is 9.87. The van der Waals surface area contributed by atoms with Crippen molar-refractivity contribution in [2.75, 3.05) is 5.32 Å². The molecule has 3 nitrogen and oxygen atoms in total. The zero-order valence-electron chi connectivity index (χ0n) is 21.6. The second-order valence-corrected chi connectivity index (χ2v) is 11.3. The van der Waals surface area contributed by atoms with Crippen molar-refractivity contribution in [3.63, 3.8) is 0 Å². The summed E-state index contributed by atoms with van der Waals surface area (Å²) in [4.78, 5) is 8.99. The van der Waals surface area contributed by atoms with Crippen molar-refractivity contribution in [3.8, 4) is 0 Å². The van der Waals surface area contributed by atoms with Gasteiger partial charge in [-0.1, -0.05) is 85.7 Å². The van der Waals surface area contributed by atoms with Crippen molar-refractivity contribution in [2.24, 2.45) is 0 Å². The van der Waals surface area contributed by atoms with Crippen LogP contribution in [-0.4, -0.2) is 16.0 Å². The van der Waals surface area contributed by atoms with Gasteiger partial charge in [0.25, 0.3) is 0 Å². The largest absolute Gasteiger partial charge is 0.359 e. The van der Waals surface area contributed by atoms with Gasteiger partial charge < -0.3 is 5.32 Å². The van der Waals surface area contributed by atoms with Crippen LogP contribution in [-0.2, 0) is 0 Å². The Balaban J connectivity index is 0.000000242. The van der Waals surface area contributed by atoms with Crippen LogP contribution in [0, 0.1) is 0 Å². The Morgan fingerprint density at radius 3 is 1.50 bits per heavy atom. The van der Waals surface area contributed by atoms with Gasteiger partial charge in [0, 0.05) is 22.7 Å². The highest BCUT2D eigenvalue weighted by Crippen LogP contribution is 2.23. The topological polar surface area (TPSA) is 37.8 Å². The van der Waals surface area contributed by atoms with Crippen molar-refractivity contribution in [2.45, 2.75) is 99.0 Å². The number of hydrogen-bond donors (Lipinski definition) is 1. The van der Waals surface area contributed by atoms with Crippen molar-refractivity contribution >= 4 is 27.8 Å². The van der Waals surface area contributed by atoms with Gasteiger partial charge in [0.15, 0.2) is 5.13 Å². The molecule has 0 aliphatic carbocycles. The zero-order valence-corrected chi connectivity index (χ0v) is 23.3. The van der Waals surface area contributed by atoms with E-state index in [2.05, 4.69) is 120 Å². The van der Waals surface area contributed by atoms with Crippen molar-refractivity contribution in [1.82, 2.24) is 9.97 Å². The van der Waals surface area contributed by atoms with Crippen LogP contribution in [0.3, 0.4) is 0 Å². The Morgan fingerprint density at radius 1 is 0.625 bits per heavy atom. The minimum Gasteiger partial charge on any atom is -0.359 e. The third-order valence-electron chi connectivity index (χ3n) is 4.62. The van der Waals surface area contributed by atoms with Crippen LogP contribution >= 0.6 is 22.7 Å². The molecule has 2 aromatic heterocycles. The lowest BCUT2D eigenvalue weighted by molar-refractivity contribution is 0.793. The maximum Gasteiger partial charge on any atom is 0.183 e. The molecule has 0 unspecified atom stereocenters. The van der Waals surface area contributed by atoms with E-state index >= 15 is 0 Å². The summed E-state index contributed by atoms with van der Waals surface area (Å²) in [5.74, 6) is 2.33. The van der Waals surface area contributed by atoms with E-state index < -0.39 is 0 Å². The van der Waals surface area contributed by atoms with Crippen LogP contribution in [0.1, 0.15) is 115 Å². The van der Waals surface area contributed by atoms with Crippen LogP contribution in [0.15, 0.2) is 41.1 Å². The number of anilines is 1. The van der Waals surface area contributed by atoms with Gasteiger partial charge in [0.05, 0.1) is 16.4 Å². The first kappa shape index (κ1) is 28.3. The minimum absolute atomic E-state index is 0.469. The molecule has 1 N–H and O–H groups in total. The molecule has 3 aromatic rings. The number of hydrogen-bond acceptors (Lipinski definition) is 5. The second-order valence-electron chi connectivity index (χ2n) is 9.52. The highest BCUT2D eigenvalue weighted by atomic mass is 32.1. The number of thiazole rings is 2. The lowest BCUT2D eigenvalue weighted by atomic mass is 10.0. The maximum atomic E-state index is 4.53. The molecule has 0 saturated carbocycles. The van der Waals surface area contributed by atoms with Crippen LogP contribution < -0.4 is 5.32 Å². The molecule has 0 amide bonds. The molecule has 0 bridgehead atoms.